The molecule has 13 heavy (non-hydrogen) atoms. The molecule has 76 valence electrons. The van der Waals surface area contributed by atoms with Gasteiger partial charge in [-0.3, -0.25) is 9.69 Å². The van der Waals surface area contributed by atoms with Gasteiger partial charge in [0.05, 0.1) is 5.54 Å². The van der Waals surface area contributed by atoms with Crippen molar-refractivity contribution in [2.45, 2.75) is 25.3 Å². The van der Waals surface area contributed by atoms with E-state index < -0.39 is 5.54 Å². The van der Waals surface area contributed by atoms with E-state index in [1.54, 1.807) is 0 Å². The lowest BCUT2D eigenvalue weighted by Crippen LogP contribution is -2.48. The van der Waals surface area contributed by atoms with Crippen molar-refractivity contribution in [3.63, 3.8) is 0 Å². The molecule has 3 heteroatoms. The summed E-state index contributed by atoms with van der Waals surface area (Å²) >= 11 is 0. The normalized spacial score (nSPS) is 15.5. The number of rotatable bonds is 6. The minimum absolute atomic E-state index is 0.0611. The molecule has 0 saturated heterocycles. The number of carbonyl (C=O) groups excluding carboxylic acids is 1. The average Bonchev–Trinajstić information content (AvgIpc) is 2.12. The molecule has 1 atom stereocenters. The van der Waals surface area contributed by atoms with Gasteiger partial charge in [-0.25, -0.2) is 0 Å². The van der Waals surface area contributed by atoms with E-state index in [1.165, 1.54) is 6.08 Å². The van der Waals surface area contributed by atoms with E-state index in [0.29, 0.717) is 6.54 Å². The quantitative estimate of drug-likeness (QED) is 0.621. The molecule has 0 bridgehead atoms. The second-order valence-corrected chi connectivity index (χ2v) is 3.63. The molecule has 0 amide bonds. The predicted molar refractivity (Wildman–Crippen MR) is 55.6 cm³/mol. The third kappa shape index (κ3) is 2.94. The van der Waals surface area contributed by atoms with Gasteiger partial charge in [-0.05, 0) is 46.5 Å². The molecular formula is C10H20N2O. The molecule has 0 radical (unpaired) electrons. The first-order chi connectivity index (χ1) is 5.99. The molecule has 0 aromatic heterocycles. The summed E-state index contributed by atoms with van der Waals surface area (Å²) in [6.07, 6.45) is 3.02. The van der Waals surface area contributed by atoms with Crippen LogP contribution in [0.25, 0.3) is 0 Å². The number of ketones is 1. The maximum atomic E-state index is 11.6. The fraction of sp³-hybridized carbons (Fsp3) is 0.700. The van der Waals surface area contributed by atoms with E-state index >= 15 is 0 Å². The second-order valence-electron chi connectivity index (χ2n) is 3.63. The first-order valence-corrected chi connectivity index (χ1v) is 4.53. The van der Waals surface area contributed by atoms with Gasteiger partial charge in [0, 0.05) is 0 Å². The highest BCUT2D eigenvalue weighted by atomic mass is 16.1. The molecule has 3 nitrogen and oxygen atoms in total. The SMILES string of the molecule is C=CC(=O)C(C)(CCCN)N(C)C. The van der Waals surface area contributed by atoms with Crippen LogP contribution in [0.3, 0.4) is 0 Å². The van der Waals surface area contributed by atoms with Gasteiger partial charge in [-0.1, -0.05) is 6.58 Å². The number of nitrogens with zero attached hydrogens (tertiary/aromatic N) is 1. The molecule has 0 aliphatic carbocycles. The van der Waals surface area contributed by atoms with Crippen molar-refractivity contribution >= 4 is 5.78 Å². The Kier molecular flexibility index (Phi) is 4.88. The Hall–Kier alpha value is -0.670. The summed E-state index contributed by atoms with van der Waals surface area (Å²) in [5.74, 6) is 0.0611. The van der Waals surface area contributed by atoms with Crippen molar-refractivity contribution < 1.29 is 4.79 Å². The van der Waals surface area contributed by atoms with Crippen molar-refractivity contribution in [3.8, 4) is 0 Å². The molecule has 0 saturated carbocycles. The fourth-order valence-electron chi connectivity index (χ4n) is 1.23. The van der Waals surface area contributed by atoms with Crippen LogP contribution in [-0.4, -0.2) is 36.9 Å². The van der Waals surface area contributed by atoms with E-state index in [1.807, 2.05) is 25.9 Å². The van der Waals surface area contributed by atoms with Crippen LogP contribution in [0.1, 0.15) is 19.8 Å². The first-order valence-electron chi connectivity index (χ1n) is 4.53. The molecule has 0 rings (SSSR count). The van der Waals surface area contributed by atoms with Crippen LogP contribution in [0.4, 0.5) is 0 Å². The topological polar surface area (TPSA) is 46.3 Å². The number of nitrogens with two attached hydrogens (primary N) is 1. The zero-order valence-electron chi connectivity index (χ0n) is 8.84. The molecule has 0 spiro atoms. The van der Waals surface area contributed by atoms with Gasteiger partial charge < -0.3 is 5.73 Å². The Balaban J connectivity index is 4.52. The van der Waals surface area contributed by atoms with Crippen molar-refractivity contribution in [3.05, 3.63) is 12.7 Å². The van der Waals surface area contributed by atoms with Gasteiger partial charge in [-0.2, -0.15) is 0 Å². The Labute approximate surface area is 80.6 Å². The highest BCUT2D eigenvalue weighted by Gasteiger charge is 2.32. The molecule has 0 heterocycles. The standard InChI is InChI=1S/C10H20N2O/c1-5-9(13)10(2,12(3)4)7-6-8-11/h5H,1,6-8,11H2,2-4H3. The zero-order chi connectivity index (χ0) is 10.5. The minimum Gasteiger partial charge on any atom is -0.330 e. The number of likely N-dealkylation sites (N-methyl/N-ethyl adjacent to an activating group) is 1. The number of carbonyl (C=O) groups is 1. The van der Waals surface area contributed by atoms with E-state index in [4.69, 9.17) is 5.73 Å². The van der Waals surface area contributed by atoms with Gasteiger partial charge in [-0.15, -0.1) is 0 Å². The Morgan fingerprint density at radius 1 is 1.62 bits per heavy atom. The van der Waals surface area contributed by atoms with Crippen LogP contribution in [-0.2, 0) is 4.79 Å². The van der Waals surface area contributed by atoms with Crippen LogP contribution in [0.15, 0.2) is 12.7 Å². The van der Waals surface area contributed by atoms with Crippen LogP contribution in [0.5, 0.6) is 0 Å². The molecular weight excluding hydrogens is 164 g/mol. The maximum absolute atomic E-state index is 11.6. The molecule has 0 aliphatic rings. The summed E-state index contributed by atoms with van der Waals surface area (Å²) in [5, 5.41) is 0. The molecule has 2 N–H and O–H groups in total. The molecule has 1 unspecified atom stereocenters. The largest absolute Gasteiger partial charge is 0.330 e. The van der Waals surface area contributed by atoms with Gasteiger partial charge in [0.25, 0.3) is 0 Å². The molecule has 0 fully saturated rings. The van der Waals surface area contributed by atoms with E-state index in [9.17, 15) is 4.79 Å². The Morgan fingerprint density at radius 2 is 2.15 bits per heavy atom. The van der Waals surface area contributed by atoms with Crippen molar-refractivity contribution in [2.75, 3.05) is 20.6 Å². The van der Waals surface area contributed by atoms with Crippen LogP contribution < -0.4 is 5.73 Å². The minimum atomic E-state index is -0.443. The second kappa shape index (κ2) is 5.14. The van der Waals surface area contributed by atoms with Crippen LogP contribution in [0, 0.1) is 0 Å². The van der Waals surface area contributed by atoms with E-state index in [-0.39, 0.29) is 5.78 Å². The number of hydrogen-bond acceptors (Lipinski definition) is 3. The van der Waals surface area contributed by atoms with Crippen molar-refractivity contribution in [1.29, 1.82) is 0 Å². The lowest BCUT2D eigenvalue weighted by Gasteiger charge is -2.34. The van der Waals surface area contributed by atoms with Crippen molar-refractivity contribution in [1.82, 2.24) is 4.90 Å². The van der Waals surface area contributed by atoms with Crippen molar-refractivity contribution in [2.24, 2.45) is 5.73 Å². The Bertz CT molecular complexity index is 189. The highest BCUT2D eigenvalue weighted by molar-refractivity contribution is 5.97. The molecule has 0 aromatic rings. The lowest BCUT2D eigenvalue weighted by molar-refractivity contribution is -0.124. The monoisotopic (exact) mass is 184 g/mol. The van der Waals surface area contributed by atoms with E-state index in [0.717, 1.165) is 12.8 Å². The average molecular weight is 184 g/mol. The lowest BCUT2D eigenvalue weighted by atomic mass is 9.89. The Morgan fingerprint density at radius 3 is 2.46 bits per heavy atom. The van der Waals surface area contributed by atoms with Crippen LogP contribution in [0.2, 0.25) is 0 Å². The van der Waals surface area contributed by atoms with Gasteiger partial charge >= 0.3 is 0 Å². The highest BCUT2D eigenvalue weighted by Crippen LogP contribution is 2.19. The summed E-state index contributed by atoms with van der Waals surface area (Å²) in [5.41, 5.74) is 4.98. The summed E-state index contributed by atoms with van der Waals surface area (Å²) in [4.78, 5) is 13.5. The van der Waals surface area contributed by atoms with Crippen LogP contribution >= 0.6 is 0 Å². The first kappa shape index (κ1) is 12.3. The summed E-state index contributed by atoms with van der Waals surface area (Å²) in [7, 11) is 3.80. The van der Waals surface area contributed by atoms with Gasteiger partial charge in [0.15, 0.2) is 5.78 Å². The fourth-order valence-corrected chi connectivity index (χ4v) is 1.23. The molecule has 0 aliphatic heterocycles. The van der Waals surface area contributed by atoms with E-state index in [2.05, 4.69) is 6.58 Å². The maximum Gasteiger partial charge on any atom is 0.174 e. The third-order valence-corrected chi connectivity index (χ3v) is 2.57. The summed E-state index contributed by atoms with van der Waals surface area (Å²) in [6, 6.07) is 0. The molecule has 0 aromatic carbocycles. The summed E-state index contributed by atoms with van der Waals surface area (Å²) in [6.45, 7) is 6.05. The zero-order valence-corrected chi connectivity index (χ0v) is 8.84. The predicted octanol–water partition coefficient (Wildman–Crippen LogP) is 0.801. The van der Waals surface area contributed by atoms with Gasteiger partial charge in [0.1, 0.15) is 0 Å². The number of hydrogen-bond donors (Lipinski definition) is 1. The van der Waals surface area contributed by atoms with Gasteiger partial charge in [0.2, 0.25) is 0 Å². The third-order valence-electron chi connectivity index (χ3n) is 2.57. The summed E-state index contributed by atoms with van der Waals surface area (Å²) < 4.78 is 0. The smallest absolute Gasteiger partial charge is 0.174 e.